The molecule has 0 saturated heterocycles. The van der Waals surface area contributed by atoms with Crippen LogP contribution in [-0.4, -0.2) is 31.8 Å². The Morgan fingerprint density at radius 3 is 2.48 bits per heavy atom. The van der Waals surface area contributed by atoms with E-state index in [9.17, 15) is 13.2 Å². The molecule has 0 aliphatic heterocycles. The van der Waals surface area contributed by atoms with Crippen LogP contribution in [0.15, 0.2) is 34.3 Å². The number of benzene rings is 1. The zero-order chi connectivity index (χ0) is 15.9. The highest BCUT2D eigenvalue weighted by atomic mass is 32.2. The van der Waals surface area contributed by atoms with Crippen molar-refractivity contribution in [3.05, 3.63) is 29.8 Å². The number of aryl methyl sites for hydroxylation is 1. The van der Waals surface area contributed by atoms with Gasteiger partial charge in [-0.15, -0.1) is 0 Å². The monoisotopic (exact) mass is 331 g/mol. The summed E-state index contributed by atoms with van der Waals surface area (Å²) in [6, 6.07) is 6.23. The van der Waals surface area contributed by atoms with Crippen LogP contribution in [0.1, 0.15) is 19.4 Å². The SMILES string of the molecule is CCOC(=O)CS/C(C)=N\OS(=O)(=O)c1ccc(C)cc1. The van der Waals surface area contributed by atoms with Gasteiger partial charge in [-0.25, -0.2) is 0 Å². The van der Waals surface area contributed by atoms with Crippen LogP contribution < -0.4 is 0 Å². The van der Waals surface area contributed by atoms with Crippen molar-refractivity contribution in [1.29, 1.82) is 0 Å². The molecule has 0 amide bonds. The van der Waals surface area contributed by atoms with Crippen molar-refractivity contribution >= 4 is 32.9 Å². The standard InChI is InChI=1S/C13H17NO5S2/c1-4-18-13(15)9-20-11(3)14-19-21(16,17)12-7-5-10(2)6-8-12/h5-8H,4,9H2,1-3H3/b14-11-. The van der Waals surface area contributed by atoms with Crippen LogP contribution in [0.25, 0.3) is 0 Å². The minimum atomic E-state index is -3.94. The molecule has 0 spiro atoms. The summed E-state index contributed by atoms with van der Waals surface area (Å²) in [6.45, 7) is 5.41. The molecule has 0 radical (unpaired) electrons. The van der Waals surface area contributed by atoms with Crippen LogP contribution in [0, 0.1) is 6.92 Å². The van der Waals surface area contributed by atoms with Crippen LogP contribution in [0.2, 0.25) is 0 Å². The number of thioether (sulfide) groups is 1. The van der Waals surface area contributed by atoms with Gasteiger partial charge in [0.2, 0.25) is 0 Å². The fourth-order valence-corrected chi connectivity index (χ4v) is 2.55. The van der Waals surface area contributed by atoms with Gasteiger partial charge in [-0.2, -0.15) is 8.42 Å². The molecule has 0 aliphatic rings. The number of nitrogens with zero attached hydrogens (tertiary/aromatic N) is 1. The molecule has 0 saturated carbocycles. The number of oxime groups is 1. The van der Waals surface area contributed by atoms with Gasteiger partial charge < -0.3 is 4.74 Å². The molecule has 0 bridgehead atoms. The first kappa shape index (κ1) is 17.5. The van der Waals surface area contributed by atoms with E-state index in [-0.39, 0.29) is 10.6 Å². The molecule has 0 N–H and O–H groups in total. The summed E-state index contributed by atoms with van der Waals surface area (Å²) in [6.07, 6.45) is 0. The van der Waals surface area contributed by atoms with E-state index < -0.39 is 16.1 Å². The van der Waals surface area contributed by atoms with Gasteiger partial charge in [-0.05, 0) is 32.9 Å². The third-order valence-electron chi connectivity index (χ3n) is 2.28. The molecule has 0 fully saturated rings. The zero-order valence-electron chi connectivity index (χ0n) is 12.0. The van der Waals surface area contributed by atoms with Crippen molar-refractivity contribution in [2.75, 3.05) is 12.4 Å². The molecule has 6 nitrogen and oxygen atoms in total. The smallest absolute Gasteiger partial charge is 0.358 e. The van der Waals surface area contributed by atoms with Crippen LogP contribution in [0.5, 0.6) is 0 Å². The second-order valence-electron chi connectivity index (χ2n) is 4.05. The molecule has 21 heavy (non-hydrogen) atoms. The fourth-order valence-electron chi connectivity index (χ4n) is 1.24. The summed E-state index contributed by atoms with van der Waals surface area (Å²) in [5.74, 6) is -0.338. The summed E-state index contributed by atoms with van der Waals surface area (Å²) in [7, 11) is -3.94. The molecule has 0 unspecified atom stereocenters. The molecule has 0 aliphatic carbocycles. The van der Waals surface area contributed by atoms with Crippen molar-refractivity contribution in [3.63, 3.8) is 0 Å². The van der Waals surface area contributed by atoms with Crippen molar-refractivity contribution in [3.8, 4) is 0 Å². The molecule has 1 rings (SSSR count). The Morgan fingerprint density at radius 1 is 1.29 bits per heavy atom. The van der Waals surface area contributed by atoms with Gasteiger partial charge >= 0.3 is 16.1 Å². The van der Waals surface area contributed by atoms with Gasteiger partial charge in [0.25, 0.3) is 0 Å². The van der Waals surface area contributed by atoms with E-state index in [4.69, 9.17) is 4.74 Å². The second-order valence-corrected chi connectivity index (χ2v) is 6.74. The molecular weight excluding hydrogens is 314 g/mol. The van der Waals surface area contributed by atoms with Crippen LogP contribution in [0.3, 0.4) is 0 Å². The normalized spacial score (nSPS) is 12.0. The highest BCUT2D eigenvalue weighted by Crippen LogP contribution is 2.14. The lowest BCUT2D eigenvalue weighted by atomic mass is 10.2. The number of carbonyl (C=O) groups excluding carboxylic acids is 1. The summed E-state index contributed by atoms with van der Waals surface area (Å²) >= 11 is 1.05. The Balaban J connectivity index is 2.61. The number of esters is 1. The van der Waals surface area contributed by atoms with E-state index >= 15 is 0 Å². The van der Waals surface area contributed by atoms with Crippen LogP contribution in [0.4, 0.5) is 0 Å². The van der Waals surface area contributed by atoms with Crippen molar-refractivity contribution in [2.45, 2.75) is 25.7 Å². The van der Waals surface area contributed by atoms with Gasteiger partial charge in [-0.3, -0.25) is 9.08 Å². The molecule has 8 heteroatoms. The number of hydrogen-bond donors (Lipinski definition) is 0. The van der Waals surface area contributed by atoms with Crippen molar-refractivity contribution in [1.82, 2.24) is 0 Å². The first-order valence-corrected chi connectivity index (χ1v) is 8.58. The van der Waals surface area contributed by atoms with E-state index in [1.807, 2.05) is 6.92 Å². The molecular formula is C13H17NO5S2. The minimum absolute atomic E-state index is 0.0278. The van der Waals surface area contributed by atoms with Crippen molar-refractivity contribution < 1.29 is 22.2 Å². The Morgan fingerprint density at radius 2 is 1.90 bits per heavy atom. The highest BCUT2D eigenvalue weighted by Gasteiger charge is 2.15. The molecule has 116 valence electrons. The zero-order valence-corrected chi connectivity index (χ0v) is 13.7. The predicted molar refractivity (Wildman–Crippen MR) is 81.6 cm³/mol. The maximum Gasteiger partial charge on any atom is 0.358 e. The summed E-state index contributed by atoms with van der Waals surface area (Å²) in [5.41, 5.74) is 0.943. The summed E-state index contributed by atoms with van der Waals surface area (Å²) in [5, 5.41) is 3.83. The van der Waals surface area contributed by atoms with E-state index in [0.29, 0.717) is 11.7 Å². The molecule has 0 aromatic heterocycles. The Labute approximate surface area is 128 Å². The topological polar surface area (TPSA) is 82.0 Å². The van der Waals surface area contributed by atoms with Crippen molar-refractivity contribution in [2.24, 2.45) is 5.16 Å². The fraction of sp³-hybridized carbons (Fsp3) is 0.385. The molecule has 0 atom stereocenters. The van der Waals surface area contributed by atoms with E-state index in [2.05, 4.69) is 9.44 Å². The average molecular weight is 331 g/mol. The molecule has 0 heterocycles. The lowest BCUT2D eigenvalue weighted by Gasteiger charge is -2.03. The maximum atomic E-state index is 11.9. The first-order chi connectivity index (χ1) is 9.85. The number of hydrogen-bond acceptors (Lipinski definition) is 7. The predicted octanol–water partition coefficient (Wildman–Crippen LogP) is 2.33. The lowest BCUT2D eigenvalue weighted by Crippen LogP contribution is -2.08. The molecule has 1 aromatic carbocycles. The van der Waals surface area contributed by atoms with Crippen LogP contribution in [-0.2, 0) is 23.9 Å². The first-order valence-electron chi connectivity index (χ1n) is 6.18. The quantitative estimate of drug-likeness (QED) is 0.344. The Hall–Kier alpha value is -1.54. The minimum Gasteiger partial charge on any atom is -0.465 e. The third-order valence-corrected chi connectivity index (χ3v) is 4.27. The van der Waals surface area contributed by atoms with Gasteiger partial charge in [0.15, 0.2) is 0 Å². The maximum absolute atomic E-state index is 11.9. The van der Waals surface area contributed by atoms with Gasteiger partial charge in [0, 0.05) is 0 Å². The number of rotatable bonds is 6. The Bertz CT molecular complexity index is 608. The average Bonchev–Trinajstić information content (AvgIpc) is 2.44. The van der Waals surface area contributed by atoms with Gasteiger partial charge in [0.1, 0.15) is 9.94 Å². The van der Waals surface area contributed by atoms with Gasteiger partial charge in [-0.1, -0.05) is 34.6 Å². The van der Waals surface area contributed by atoms with E-state index in [1.54, 1.807) is 26.0 Å². The summed E-state index contributed by atoms with van der Waals surface area (Å²) < 4.78 is 33.1. The lowest BCUT2D eigenvalue weighted by molar-refractivity contribution is -0.139. The van der Waals surface area contributed by atoms with Crippen LogP contribution >= 0.6 is 11.8 Å². The highest BCUT2D eigenvalue weighted by molar-refractivity contribution is 8.14. The Kier molecular flexibility index (Phi) is 6.70. The van der Waals surface area contributed by atoms with Gasteiger partial charge in [0.05, 0.1) is 12.4 Å². The molecule has 1 aromatic rings. The van der Waals surface area contributed by atoms with E-state index in [0.717, 1.165) is 17.3 Å². The van der Waals surface area contributed by atoms with E-state index in [1.165, 1.54) is 12.1 Å². The number of carbonyl (C=O) groups is 1. The third kappa shape index (κ3) is 6.17. The summed E-state index contributed by atoms with van der Waals surface area (Å²) in [4.78, 5) is 11.2. The largest absolute Gasteiger partial charge is 0.465 e. The number of ether oxygens (including phenoxy) is 1. The second kappa shape index (κ2) is 8.04.